The number of aliphatic hydroxyl groups excluding tert-OH is 4. The second-order valence-corrected chi connectivity index (χ2v) is 22.8. The van der Waals surface area contributed by atoms with Crippen molar-refractivity contribution in [3.05, 3.63) is 95.3 Å². The summed E-state index contributed by atoms with van der Waals surface area (Å²) in [5, 5.41) is 44.5. The third-order valence-corrected chi connectivity index (χ3v) is 17.7. The minimum absolute atomic E-state index is 0.0807. The van der Waals surface area contributed by atoms with Crippen LogP contribution in [0, 0.1) is 23.7 Å². The molecule has 10 N–H and O–H groups in total. The summed E-state index contributed by atoms with van der Waals surface area (Å²) in [6.07, 6.45) is 2.47. The third-order valence-electron chi connectivity index (χ3n) is 17.4. The number of fused-ring (bicyclic) bond motifs is 4. The van der Waals surface area contributed by atoms with Gasteiger partial charge in [-0.25, -0.2) is 29.9 Å². The molecule has 0 aliphatic heterocycles. The van der Waals surface area contributed by atoms with E-state index < -0.39 is 47.9 Å². The van der Waals surface area contributed by atoms with Gasteiger partial charge in [-0.3, -0.25) is 0 Å². The van der Waals surface area contributed by atoms with E-state index in [0.29, 0.717) is 119 Å². The van der Waals surface area contributed by atoms with Crippen molar-refractivity contribution in [2.45, 2.75) is 125 Å². The van der Waals surface area contributed by atoms with Gasteiger partial charge in [0.2, 0.25) is 0 Å². The lowest BCUT2D eigenvalue weighted by molar-refractivity contribution is -0.138. The molecule has 6 heterocycles. The number of H-pyrrole nitrogens is 2. The van der Waals surface area contributed by atoms with E-state index in [9.17, 15) is 46.8 Å². The van der Waals surface area contributed by atoms with Gasteiger partial charge in [0.1, 0.15) is 59.4 Å². The highest BCUT2D eigenvalue weighted by atomic mass is 35.5. The van der Waals surface area contributed by atoms with Crippen molar-refractivity contribution in [1.82, 2.24) is 58.8 Å². The highest BCUT2D eigenvalue weighted by Gasteiger charge is 2.46. The number of rotatable bonds is 14. The zero-order valence-electron chi connectivity index (χ0n) is 43.3. The van der Waals surface area contributed by atoms with Crippen LogP contribution in [0.5, 0.6) is 0 Å². The van der Waals surface area contributed by atoms with Crippen LogP contribution in [0.15, 0.2) is 67.5 Å². The van der Waals surface area contributed by atoms with Crippen LogP contribution < -0.4 is 11.5 Å². The lowest BCUT2D eigenvalue weighted by Crippen LogP contribution is -2.46. The van der Waals surface area contributed by atoms with Gasteiger partial charge >= 0.3 is 12.4 Å². The number of alkyl halides is 6. The molecule has 79 heavy (non-hydrogen) atoms. The van der Waals surface area contributed by atoms with Crippen molar-refractivity contribution in [2.24, 2.45) is 23.7 Å². The molecule has 12 rings (SSSR count). The summed E-state index contributed by atoms with van der Waals surface area (Å²) in [6.45, 7) is 1.34. The van der Waals surface area contributed by atoms with E-state index in [0.717, 1.165) is 67.5 Å². The first-order valence-corrected chi connectivity index (χ1v) is 27.0. The summed E-state index contributed by atoms with van der Waals surface area (Å²) >= 11 is 5.82. The van der Waals surface area contributed by atoms with E-state index in [2.05, 4.69) is 56.7 Å². The van der Waals surface area contributed by atoms with Gasteiger partial charge in [-0.1, -0.05) is 11.6 Å². The van der Waals surface area contributed by atoms with E-state index in [1.807, 2.05) is 40.7 Å². The van der Waals surface area contributed by atoms with Crippen molar-refractivity contribution >= 4 is 67.4 Å². The number of aromatic amines is 2. The second kappa shape index (κ2) is 21.4. The maximum absolute atomic E-state index is 13.2. The van der Waals surface area contributed by atoms with Gasteiger partial charge in [-0.15, -0.1) is 0 Å². The number of imidazole rings is 2. The standard InChI is InChI=1S/C27H31ClF3N7O2.C27H32F3N7O2/c1-37(11-14-8-21(24(40)23(14)39)38-5-4-16-25(32)33-12-34-26(16)38)15-6-13(7-15)2-3-22-35-19-9-17(27(29,30)31)18(28)10-20(19)36-22;1-36(12-15-10-21(24(39)23(15)38)37-7-6-18-25(31)32-13-33-26(18)37)17-8-14(9-17)2-5-22-34-19-4-3-16(27(28,29)30)11-20(19)35-22/h4-5,9-10,12-15,21,23-24,39-40H,2-3,6-8,11H2,1H3,(H,35,36)(H2,32,33,34);3-4,6-7,11,13-15,17,21,23-24,38-39H,2,5,8-10,12H2,1H3,(H,34,35)(H2,31,32,33)/t13?,14-,15?,21-,23-,24+;14?,15-,17?,21-,23-,24+/m11/s1. The quantitative estimate of drug-likeness (QED) is 0.0485. The molecule has 25 heteroatoms. The van der Waals surface area contributed by atoms with Crippen molar-refractivity contribution < 1.29 is 46.8 Å². The monoisotopic (exact) mass is 1120 g/mol. The molecule has 2 aromatic carbocycles. The largest absolute Gasteiger partial charge is 0.417 e. The maximum atomic E-state index is 13.2. The number of aryl methyl sites for hydroxylation is 2. The second-order valence-electron chi connectivity index (χ2n) is 22.4. The Bertz CT molecular complexity index is 3460. The molecule has 8 atom stereocenters. The number of nitrogens with zero attached hydrogens (tertiary/aromatic N) is 10. The molecule has 0 spiro atoms. The Balaban J connectivity index is 0.000000167. The number of aliphatic hydroxyl groups is 4. The minimum atomic E-state index is -4.52. The molecular weight excluding hydrogens is 1060 g/mol. The fraction of sp³-hybridized carbons (Fsp3) is 0.519. The van der Waals surface area contributed by atoms with Crippen LogP contribution in [0.1, 0.15) is 86.2 Å². The molecule has 0 bridgehead atoms. The molecule has 0 amide bonds. The van der Waals surface area contributed by atoms with Gasteiger partial charge in [0.15, 0.2) is 0 Å². The summed E-state index contributed by atoms with van der Waals surface area (Å²) in [7, 11) is 4.11. The first kappa shape index (κ1) is 54.8. The number of aromatic nitrogens is 10. The van der Waals surface area contributed by atoms with Gasteiger partial charge < -0.3 is 60.8 Å². The maximum Gasteiger partial charge on any atom is 0.417 e. The van der Waals surface area contributed by atoms with Crippen LogP contribution in [0.2, 0.25) is 5.02 Å². The number of hydrogen-bond acceptors (Lipinski definition) is 14. The third kappa shape index (κ3) is 11.0. The number of nitrogens with two attached hydrogens (primary N) is 2. The van der Waals surface area contributed by atoms with Crippen LogP contribution in [-0.2, 0) is 25.2 Å². The van der Waals surface area contributed by atoms with Gasteiger partial charge in [-0.05, 0) is 120 Å². The fourth-order valence-electron chi connectivity index (χ4n) is 12.7. The topological polar surface area (TPSA) is 258 Å². The number of benzene rings is 2. The average Bonchev–Trinajstić information content (AvgIpc) is 4.44. The molecule has 0 unspecified atom stereocenters. The molecule has 18 nitrogen and oxygen atoms in total. The summed E-state index contributed by atoms with van der Waals surface area (Å²) < 4.78 is 82.2. The predicted molar refractivity (Wildman–Crippen MR) is 284 cm³/mol. The average molecular weight is 1120 g/mol. The number of nitrogens with one attached hydrogen (secondary N) is 2. The zero-order chi connectivity index (χ0) is 55.8. The normalized spacial score (nSPS) is 27.4. The number of anilines is 2. The molecule has 422 valence electrons. The lowest BCUT2D eigenvalue weighted by atomic mass is 9.76. The van der Waals surface area contributed by atoms with Gasteiger partial charge in [0, 0.05) is 62.2 Å². The van der Waals surface area contributed by atoms with E-state index in [-0.39, 0.29) is 28.9 Å². The predicted octanol–water partition coefficient (Wildman–Crippen LogP) is 7.72. The molecule has 0 radical (unpaired) electrons. The van der Waals surface area contributed by atoms with Crippen molar-refractivity contribution in [1.29, 1.82) is 0 Å². The van der Waals surface area contributed by atoms with Crippen molar-refractivity contribution in [3.63, 3.8) is 0 Å². The highest BCUT2D eigenvalue weighted by molar-refractivity contribution is 6.32. The van der Waals surface area contributed by atoms with Crippen molar-refractivity contribution in [3.8, 4) is 0 Å². The molecule has 8 aromatic rings. The van der Waals surface area contributed by atoms with Crippen molar-refractivity contribution in [2.75, 3.05) is 38.7 Å². The van der Waals surface area contributed by atoms with Crippen LogP contribution in [0.25, 0.3) is 44.1 Å². The minimum Gasteiger partial charge on any atom is -0.390 e. The van der Waals surface area contributed by atoms with Crippen LogP contribution in [0.4, 0.5) is 38.0 Å². The lowest BCUT2D eigenvalue weighted by Gasteiger charge is -2.42. The summed E-state index contributed by atoms with van der Waals surface area (Å²) in [4.78, 5) is 36.2. The summed E-state index contributed by atoms with van der Waals surface area (Å²) in [5.41, 5.74) is 13.4. The fourth-order valence-corrected chi connectivity index (χ4v) is 13.0. The van der Waals surface area contributed by atoms with Gasteiger partial charge in [0.05, 0.1) is 73.3 Å². The highest BCUT2D eigenvalue weighted by Crippen LogP contribution is 2.43. The SMILES string of the molecule is CN(C[C@H]1C[C@@H](n2ccc3c(N)ncnc32)[C@H](O)[C@@H]1O)C1CC(CCc2nc3cc(Cl)c(C(F)(F)F)cc3[nH]2)C1.CN(C[C@H]1C[C@@H](n2ccc3c(N)ncnc32)[C@H](O)[C@@H]1O)C1CC(CCc2nc3ccc(C(F)(F)F)cc3[nH]2)C1. The van der Waals surface area contributed by atoms with E-state index in [4.69, 9.17) is 23.1 Å². The Kier molecular flexibility index (Phi) is 14.8. The Morgan fingerprint density at radius 2 is 1.08 bits per heavy atom. The first-order valence-electron chi connectivity index (χ1n) is 26.7. The van der Waals surface area contributed by atoms with Crippen LogP contribution in [0.3, 0.4) is 0 Å². The van der Waals surface area contributed by atoms with E-state index >= 15 is 0 Å². The Morgan fingerprint density at radius 3 is 1.54 bits per heavy atom. The zero-order valence-corrected chi connectivity index (χ0v) is 44.1. The molecule has 4 fully saturated rings. The molecule has 4 saturated carbocycles. The summed E-state index contributed by atoms with van der Waals surface area (Å²) in [5.74, 6) is 2.96. The molecule has 0 saturated heterocycles. The van der Waals surface area contributed by atoms with Crippen LogP contribution >= 0.6 is 11.6 Å². The number of nitrogen functional groups attached to an aromatic ring is 2. The first-order chi connectivity index (χ1) is 37.6. The Hall–Kier alpha value is -6.15. The molecule has 6 aromatic heterocycles. The molecular formula is C54H63ClF6N14O4. The number of halogens is 7. The Morgan fingerprint density at radius 1 is 0.608 bits per heavy atom. The smallest absolute Gasteiger partial charge is 0.390 e. The molecule has 4 aliphatic carbocycles. The van der Waals surface area contributed by atoms with E-state index in [1.165, 1.54) is 24.8 Å². The van der Waals surface area contributed by atoms with E-state index in [1.54, 1.807) is 0 Å². The van der Waals surface area contributed by atoms with Gasteiger partial charge in [-0.2, -0.15) is 26.3 Å². The van der Waals surface area contributed by atoms with Gasteiger partial charge in [0.25, 0.3) is 0 Å². The Labute approximate surface area is 454 Å². The molecule has 4 aliphatic rings. The number of hydrogen-bond donors (Lipinski definition) is 8. The van der Waals surface area contributed by atoms with Crippen LogP contribution in [-0.4, -0.2) is 143 Å². The summed E-state index contributed by atoms with van der Waals surface area (Å²) in [6, 6.07) is 9.69.